The number of aliphatic hydroxyl groups excluding tert-OH is 3. The van der Waals surface area contributed by atoms with Gasteiger partial charge in [-0.05, 0) is 0 Å². The lowest BCUT2D eigenvalue weighted by atomic mass is 10.1. The highest BCUT2D eigenvalue weighted by atomic mass is 16.6. The van der Waals surface area contributed by atoms with Crippen LogP contribution in [-0.4, -0.2) is 53.6 Å². The zero-order valence-electron chi connectivity index (χ0n) is 6.17. The Kier molecular flexibility index (Phi) is 2.80. The summed E-state index contributed by atoms with van der Waals surface area (Å²) in [7, 11) is 1.36. The minimum atomic E-state index is -1.26. The van der Waals surface area contributed by atoms with Gasteiger partial charge in [0.2, 0.25) is 0 Å². The van der Waals surface area contributed by atoms with E-state index in [1.807, 2.05) is 0 Å². The van der Waals surface area contributed by atoms with Gasteiger partial charge in [-0.25, -0.2) is 0 Å². The molecule has 1 saturated heterocycles. The van der Waals surface area contributed by atoms with Gasteiger partial charge < -0.3 is 24.8 Å². The average Bonchev–Trinajstić information content (AvgIpc) is 1.99. The molecule has 5 nitrogen and oxygen atoms in total. The third kappa shape index (κ3) is 1.69. The van der Waals surface area contributed by atoms with E-state index in [4.69, 9.17) is 20.1 Å². The van der Waals surface area contributed by atoms with Crippen molar-refractivity contribution in [3.8, 4) is 0 Å². The van der Waals surface area contributed by atoms with E-state index in [1.165, 1.54) is 7.11 Å². The van der Waals surface area contributed by atoms with Crippen molar-refractivity contribution in [3.63, 3.8) is 0 Å². The second-order valence-corrected chi connectivity index (χ2v) is 2.48. The zero-order chi connectivity index (χ0) is 8.43. The van der Waals surface area contributed by atoms with Crippen LogP contribution in [0.1, 0.15) is 0 Å². The first-order valence-corrected chi connectivity index (χ1v) is 3.35. The van der Waals surface area contributed by atoms with Crippen LogP contribution in [0, 0.1) is 0 Å². The van der Waals surface area contributed by atoms with E-state index in [0.717, 1.165) is 0 Å². The van der Waals surface area contributed by atoms with E-state index >= 15 is 0 Å². The molecule has 0 amide bonds. The Bertz CT molecular complexity index is 128. The van der Waals surface area contributed by atoms with Crippen LogP contribution >= 0.6 is 0 Å². The maximum atomic E-state index is 9.15. The summed E-state index contributed by atoms with van der Waals surface area (Å²) >= 11 is 0. The molecule has 11 heavy (non-hydrogen) atoms. The summed E-state index contributed by atoms with van der Waals surface area (Å²) < 4.78 is 9.36. The molecular weight excluding hydrogens is 152 g/mol. The maximum Gasteiger partial charge on any atom is 0.183 e. The summed E-state index contributed by atoms with van der Waals surface area (Å²) in [5.74, 6) is 0. The van der Waals surface area contributed by atoms with Crippen LogP contribution in [0.25, 0.3) is 0 Å². The Hall–Kier alpha value is -0.200. The predicted octanol–water partition coefficient (Wildman–Crippen LogP) is -1.93. The number of hydrogen-bond donors (Lipinski definition) is 3. The fraction of sp³-hybridized carbons (Fsp3) is 1.00. The van der Waals surface area contributed by atoms with Gasteiger partial charge in [0.05, 0.1) is 6.61 Å². The van der Waals surface area contributed by atoms with Crippen LogP contribution in [0.2, 0.25) is 0 Å². The highest BCUT2D eigenvalue weighted by molar-refractivity contribution is 4.82. The standard InChI is InChI=1S/C6H12O5/c1-10-5-3(7)2-11-6(9)4(5)8/h3-9H,2H2,1H3/t3-,4-,5-,6?/m1/s1. The Morgan fingerprint density at radius 1 is 1.36 bits per heavy atom. The van der Waals surface area contributed by atoms with Crippen LogP contribution in [0.15, 0.2) is 0 Å². The topological polar surface area (TPSA) is 79.2 Å². The molecule has 4 atom stereocenters. The van der Waals surface area contributed by atoms with Gasteiger partial charge in [-0.2, -0.15) is 0 Å². The highest BCUT2D eigenvalue weighted by Gasteiger charge is 2.37. The van der Waals surface area contributed by atoms with Gasteiger partial charge in [-0.3, -0.25) is 0 Å². The molecule has 5 heteroatoms. The molecular formula is C6H12O5. The normalized spacial score (nSPS) is 45.8. The average molecular weight is 164 g/mol. The fourth-order valence-corrected chi connectivity index (χ4v) is 1.08. The number of ether oxygens (including phenoxy) is 2. The third-order valence-electron chi connectivity index (χ3n) is 1.72. The molecule has 0 aromatic heterocycles. The van der Waals surface area contributed by atoms with Crippen molar-refractivity contribution in [2.75, 3.05) is 13.7 Å². The molecule has 0 aliphatic carbocycles. The van der Waals surface area contributed by atoms with Gasteiger partial charge in [-0.15, -0.1) is 0 Å². The Morgan fingerprint density at radius 2 is 2.00 bits per heavy atom. The minimum absolute atomic E-state index is 0.0171. The Morgan fingerprint density at radius 3 is 2.45 bits per heavy atom. The van der Waals surface area contributed by atoms with Crippen LogP contribution < -0.4 is 0 Å². The van der Waals surface area contributed by atoms with Crippen LogP contribution in [0.3, 0.4) is 0 Å². The molecule has 0 aromatic rings. The monoisotopic (exact) mass is 164 g/mol. The smallest absolute Gasteiger partial charge is 0.183 e. The first-order valence-electron chi connectivity index (χ1n) is 3.35. The molecule has 0 aromatic carbocycles. The van der Waals surface area contributed by atoms with E-state index in [2.05, 4.69) is 4.74 Å². The lowest BCUT2D eigenvalue weighted by molar-refractivity contribution is -0.257. The highest BCUT2D eigenvalue weighted by Crippen LogP contribution is 2.15. The van der Waals surface area contributed by atoms with Crippen LogP contribution in [0.4, 0.5) is 0 Å². The predicted molar refractivity (Wildman–Crippen MR) is 34.8 cm³/mol. The lowest BCUT2D eigenvalue weighted by Gasteiger charge is -2.34. The summed E-state index contributed by atoms with van der Waals surface area (Å²) in [6, 6.07) is 0. The van der Waals surface area contributed by atoms with Crippen molar-refractivity contribution >= 4 is 0 Å². The van der Waals surface area contributed by atoms with Crippen molar-refractivity contribution in [2.45, 2.75) is 24.6 Å². The second-order valence-electron chi connectivity index (χ2n) is 2.48. The number of hydrogen-bond acceptors (Lipinski definition) is 5. The Balaban J connectivity index is 2.55. The number of methoxy groups -OCH3 is 1. The van der Waals surface area contributed by atoms with E-state index in [0.29, 0.717) is 0 Å². The summed E-state index contributed by atoms with van der Waals surface area (Å²) in [5, 5.41) is 27.2. The van der Waals surface area contributed by atoms with Crippen LogP contribution in [-0.2, 0) is 9.47 Å². The van der Waals surface area contributed by atoms with Gasteiger partial charge in [0.1, 0.15) is 18.3 Å². The fourth-order valence-electron chi connectivity index (χ4n) is 1.08. The molecule has 3 N–H and O–H groups in total. The van der Waals surface area contributed by atoms with Gasteiger partial charge in [-0.1, -0.05) is 0 Å². The van der Waals surface area contributed by atoms with Gasteiger partial charge in [0, 0.05) is 7.11 Å². The summed E-state index contributed by atoms with van der Waals surface area (Å²) in [6.45, 7) is -0.0171. The summed E-state index contributed by atoms with van der Waals surface area (Å²) in [5.41, 5.74) is 0. The number of aliphatic hydroxyl groups is 3. The van der Waals surface area contributed by atoms with Gasteiger partial charge >= 0.3 is 0 Å². The molecule has 0 spiro atoms. The number of rotatable bonds is 1. The molecule has 1 heterocycles. The van der Waals surface area contributed by atoms with Crippen molar-refractivity contribution in [1.29, 1.82) is 0 Å². The molecule has 0 saturated carbocycles. The quantitative estimate of drug-likeness (QED) is 0.420. The zero-order valence-corrected chi connectivity index (χ0v) is 6.17. The molecule has 1 unspecified atom stereocenters. The summed E-state index contributed by atoms with van der Waals surface area (Å²) in [4.78, 5) is 0. The SMILES string of the molecule is CO[C@@H]1[C@H](O)COC(O)[C@@H]1O. The molecule has 66 valence electrons. The minimum Gasteiger partial charge on any atom is -0.388 e. The van der Waals surface area contributed by atoms with Crippen molar-refractivity contribution in [3.05, 3.63) is 0 Å². The molecule has 1 aliphatic heterocycles. The van der Waals surface area contributed by atoms with Gasteiger partial charge in [0.25, 0.3) is 0 Å². The second kappa shape index (κ2) is 3.46. The summed E-state index contributed by atoms with van der Waals surface area (Å²) in [6.07, 6.45) is -4.08. The molecule has 0 bridgehead atoms. The molecule has 1 rings (SSSR count). The van der Waals surface area contributed by atoms with Crippen LogP contribution in [0.5, 0.6) is 0 Å². The maximum absolute atomic E-state index is 9.15. The van der Waals surface area contributed by atoms with E-state index < -0.39 is 24.6 Å². The molecule has 0 radical (unpaired) electrons. The first kappa shape index (κ1) is 8.89. The third-order valence-corrected chi connectivity index (χ3v) is 1.72. The Labute approximate surface area is 64.2 Å². The largest absolute Gasteiger partial charge is 0.388 e. The van der Waals surface area contributed by atoms with Crippen molar-refractivity contribution < 1.29 is 24.8 Å². The van der Waals surface area contributed by atoms with E-state index in [-0.39, 0.29) is 6.61 Å². The molecule has 1 aliphatic rings. The van der Waals surface area contributed by atoms with Gasteiger partial charge in [0.15, 0.2) is 6.29 Å². The van der Waals surface area contributed by atoms with Crippen molar-refractivity contribution in [2.24, 2.45) is 0 Å². The van der Waals surface area contributed by atoms with Crippen molar-refractivity contribution in [1.82, 2.24) is 0 Å². The van der Waals surface area contributed by atoms with E-state index in [1.54, 1.807) is 0 Å². The molecule has 1 fully saturated rings. The van der Waals surface area contributed by atoms with E-state index in [9.17, 15) is 0 Å². The first-order chi connectivity index (χ1) is 5.16. The lowest BCUT2D eigenvalue weighted by Crippen LogP contribution is -2.53.